The second kappa shape index (κ2) is 6.39. The third kappa shape index (κ3) is 3.56. The first kappa shape index (κ1) is 13.7. The summed E-state index contributed by atoms with van der Waals surface area (Å²) in [6.07, 6.45) is 0.654. The van der Waals surface area contributed by atoms with Crippen molar-refractivity contribution in [3.63, 3.8) is 0 Å². The minimum Gasteiger partial charge on any atom is -0.469 e. The summed E-state index contributed by atoms with van der Waals surface area (Å²) in [6.45, 7) is 0. The van der Waals surface area contributed by atoms with Gasteiger partial charge >= 0.3 is 11.9 Å². The molecule has 1 aromatic rings. The average molecular weight is 301 g/mol. The highest BCUT2D eigenvalue weighted by Gasteiger charge is 2.15. The maximum atomic E-state index is 11.5. The third-order valence-electron chi connectivity index (χ3n) is 2.33. The van der Waals surface area contributed by atoms with Gasteiger partial charge in [-0.1, -0.05) is 22.0 Å². The fourth-order valence-electron chi connectivity index (χ4n) is 1.44. The number of benzene rings is 1. The molecule has 1 rings (SSSR count). The number of halogens is 1. The van der Waals surface area contributed by atoms with Crippen LogP contribution in [0.15, 0.2) is 22.7 Å². The van der Waals surface area contributed by atoms with Gasteiger partial charge in [0.05, 0.1) is 19.8 Å². The molecule has 17 heavy (non-hydrogen) atoms. The molecule has 5 heteroatoms. The van der Waals surface area contributed by atoms with Crippen LogP contribution in [0.5, 0.6) is 0 Å². The Morgan fingerprint density at radius 2 is 1.94 bits per heavy atom. The fraction of sp³-hybridized carbons (Fsp3) is 0.333. The Labute approximate surface area is 108 Å². The average Bonchev–Trinajstić information content (AvgIpc) is 2.35. The molecule has 1 aromatic carbocycles. The topological polar surface area (TPSA) is 52.6 Å². The van der Waals surface area contributed by atoms with E-state index in [0.717, 1.165) is 10.0 Å². The Hall–Kier alpha value is -1.36. The molecular formula is C12H13BrO4. The van der Waals surface area contributed by atoms with Gasteiger partial charge in [0, 0.05) is 10.9 Å². The van der Waals surface area contributed by atoms with Crippen molar-refractivity contribution in [2.45, 2.75) is 12.8 Å². The zero-order valence-corrected chi connectivity index (χ0v) is 11.2. The van der Waals surface area contributed by atoms with Crippen molar-refractivity contribution in [2.75, 3.05) is 14.2 Å². The summed E-state index contributed by atoms with van der Waals surface area (Å²) in [7, 11) is 2.66. The number of hydrogen-bond acceptors (Lipinski definition) is 4. The minimum atomic E-state index is -0.411. The standard InChI is InChI=1S/C12H13BrO4/c1-16-11(14)7-6-8-9(12(15)17-2)4-3-5-10(8)13/h3-5H,6-7H2,1-2H3. The number of methoxy groups -OCH3 is 2. The quantitative estimate of drug-likeness (QED) is 0.801. The Bertz CT molecular complexity index is 429. The molecule has 0 fully saturated rings. The Balaban J connectivity index is 2.95. The third-order valence-corrected chi connectivity index (χ3v) is 3.07. The van der Waals surface area contributed by atoms with Gasteiger partial charge in [0.1, 0.15) is 0 Å². The molecule has 0 saturated heterocycles. The van der Waals surface area contributed by atoms with Crippen LogP contribution in [-0.2, 0) is 20.7 Å². The molecule has 0 aliphatic rings. The number of rotatable bonds is 4. The molecule has 0 amide bonds. The lowest BCUT2D eigenvalue weighted by molar-refractivity contribution is -0.140. The number of hydrogen-bond donors (Lipinski definition) is 0. The Morgan fingerprint density at radius 1 is 1.24 bits per heavy atom. The van der Waals surface area contributed by atoms with Gasteiger partial charge in [0.2, 0.25) is 0 Å². The molecule has 0 heterocycles. The predicted molar refractivity (Wildman–Crippen MR) is 65.8 cm³/mol. The molecular weight excluding hydrogens is 288 g/mol. The summed E-state index contributed by atoms with van der Waals surface area (Å²) < 4.78 is 10.0. The van der Waals surface area contributed by atoms with Crippen LogP contribution in [0.1, 0.15) is 22.3 Å². The lowest BCUT2D eigenvalue weighted by atomic mass is 10.0. The number of esters is 2. The van der Waals surface area contributed by atoms with Crippen LogP contribution in [0.2, 0.25) is 0 Å². The van der Waals surface area contributed by atoms with Gasteiger partial charge in [-0.3, -0.25) is 4.79 Å². The fourth-order valence-corrected chi connectivity index (χ4v) is 2.01. The molecule has 0 aliphatic heterocycles. The first-order valence-corrected chi connectivity index (χ1v) is 5.82. The molecule has 0 saturated carbocycles. The van der Waals surface area contributed by atoms with E-state index in [0.29, 0.717) is 12.0 Å². The van der Waals surface area contributed by atoms with E-state index >= 15 is 0 Å². The van der Waals surface area contributed by atoms with Crippen LogP contribution in [0.25, 0.3) is 0 Å². The maximum absolute atomic E-state index is 11.5. The first-order valence-electron chi connectivity index (χ1n) is 5.02. The molecule has 92 valence electrons. The Morgan fingerprint density at radius 3 is 2.53 bits per heavy atom. The second-order valence-corrected chi connectivity index (χ2v) is 4.19. The van der Waals surface area contributed by atoms with Crippen LogP contribution in [0.4, 0.5) is 0 Å². The molecule has 4 nitrogen and oxygen atoms in total. The van der Waals surface area contributed by atoms with Crippen molar-refractivity contribution in [2.24, 2.45) is 0 Å². The van der Waals surface area contributed by atoms with Gasteiger partial charge in [-0.25, -0.2) is 4.79 Å². The van der Waals surface area contributed by atoms with E-state index in [4.69, 9.17) is 0 Å². The number of ether oxygens (including phenoxy) is 2. The van der Waals surface area contributed by atoms with E-state index in [9.17, 15) is 9.59 Å². The van der Waals surface area contributed by atoms with Crippen molar-refractivity contribution in [1.29, 1.82) is 0 Å². The van der Waals surface area contributed by atoms with E-state index in [1.54, 1.807) is 12.1 Å². The summed E-state index contributed by atoms with van der Waals surface area (Å²) in [5.41, 5.74) is 1.22. The highest BCUT2D eigenvalue weighted by Crippen LogP contribution is 2.23. The first-order chi connectivity index (χ1) is 8.10. The van der Waals surface area contributed by atoms with Crippen LogP contribution in [0, 0.1) is 0 Å². The van der Waals surface area contributed by atoms with Gasteiger partial charge in [0.25, 0.3) is 0 Å². The van der Waals surface area contributed by atoms with Crippen molar-refractivity contribution < 1.29 is 19.1 Å². The largest absolute Gasteiger partial charge is 0.469 e. The van der Waals surface area contributed by atoms with Crippen LogP contribution in [0.3, 0.4) is 0 Å². The second-order valence-electron chi connectivity index (χ2n) is 3.33. The van der Waals surface area contributed by atoms with E-state index in [1.165, 1.54) is 14.2 Å². The van der Waals surface area contributed by atoms with Crippen molar-refractivity contribution in [1.82, 2.24) is 0 Å². The van der Waals surface area contributed by atoms with Gasteiger partial charge in [-0.15, -0.1) is 0 Å². The van der Waals surface area contributed by atoms with Crippen molar-refractivity contribution in [3.8, 4) is 0 Å². The summed E-state index contributed by atoms with van der Waals surface area (Å²) in [6, 6.07) is 5.24. The monoisotopic (exact) mass is 300 g/mol. The van der Waals surface area contributed by atoms with E-state index in [-0.39, 0.29) is 12.4 Å². The summed E-state index contributed by atoms with van der Waals surface area (Å²) >= 11 is 3.36. The minimum absolute atomic E-state index is 0.225. The molecule has 0 unspecified atom stereocenters. The molecule has 0 bridgehead atoms. The zero-order valence-electron chi connectivity index (χ0n) is 9.66. The van der Waals surface area contributed by atoms with E-state index < -0.39 is 5.97 Å². The number of carbonyl (C=O) groups excluding carboxylic acids is 2. The maximum Gasteiger partial charge on any atom is 0.338 e. The van der Waals surface area contributed by atoms with Crippen LogP contribution < -0.4 is 0 Å². The molecule has 0 atom stereocenters. The van der Waals surface area contributed by atoms with Crippen molar-refractivity contribution in [3.05, 3.63) is 33.8 Å². The highest BCUT2D eigenvalue weighted by molar-refractivity contribution is 9.10. The SMILES string of the molecule is COC(=O)CCc1c(Br)cccc1C(=O)OC. The molecule has 0 aliphatic carbocycles. The van der Waals surface area contributed by atoms with E-state index in [2.05, 4.69) is 25.4 Å². The van der Waals surface area contributed by atoms with Gasteiger partial charge in [-0.2, -0.15) is 0 Å². The van der Waals surface area contributed by atoms with Gasteiger partial charge in [0.15, 0.2) is 0 Å². The normalized spacial score (nSPS) is 9.82. The summed E-state index contributed by atoms with van der Waals surface area (Å²) in [5, 5.41) is 0. The van der Waals surface area contributed by atoms with Crippen LogP contribution in [-0.4, -0.2) is 26.2 Å². The Kier molecular flexibility index (Phi) is 5.15. The molecule has 0 N–H and O–H groups in total. The van der Waals surface area contributed by atoms with Gasteiger partial charge < -0.3 is 9.47 Å². The van der Waals surface area contributed by atoms with E-state index in [1.807, 2.05) is 6.07 Å². The van der Waals surface area contributed by atoms with Gasteiger partial charge in [-0.05, 0) is 24.1 Å². The zero-order chi connectivity index (χ0) is 12.8. The van der Waals surface area contributed by atoms with Crippen LogP contribution >= 0.6 is 15.9 Å². The lowest BCUT2D eigenvalue weighted by Crippen LogP contribution is -2.09. The highest BCUT2D eigenvalue weighted by atomic mass is 79.9. The van der Waals surface area contributed by atoms with Crippen molar-refractivity contribution >= 4 is 27.9 Å². The summed E-state index contributed by atoms with van der Waals surface area (Å²) in [5.74, 6) is -0.720. The molecule has 0 aromatic heterocycles. The molecule has 0 spiro atoms. The number of carbonyl (C=O) groups is 2. The lowest BCUT2D eigenvalue weighted by Gasteiger charge is -2.09. The predicted octanol–water partition coefficient (Wildman–Crippen LogP) is 2.34. The summed E-state index contributed by atoms with van der Waals surface area (Å²) in [4.78, 5) is 22.6. The smallest absolute Gasteiger partial charge is 0.338 e. The molecule has 0 radical (unpaired) electrons.